The molecular weight excluding hydrogens is 288 g/mol. The lowest BCUT2D eigenvalue weighted by Crippen LogP contribution is -2.29. The van der Waals surface area contributed by atoms with Crippen molar-refractivity contribution < 1.29 is 5.11 Å². The molecule has 1 N–H and O–H groups in total. The lowest BCUT2D eigenvalue weighted by Gasteiger charge is -2.26. The van der Waals surface area contributed by atoms with E-state index in [2.05, 4.69) is 15.0 Å². The first-order valence-electron chi connectivity index (χ1n) is 7.46. The van der Waals surface area contributed by atoms with Crippen molar-refractivity contribution in [1.29, 1.82) is 0 Å². The molecule has 5 heteroatoms. The van der Waals surface area contributed by atoms with E-state index in [1.165, 1.54) is 0 Å². The second-order valence-electron chi connectivity index (χ2n) is 5.18. The maximum Gasteiger partial charge on any atom is 0.151 e. The van der Waals surface area contributed by atoms with Gasteiger partial charge in [0, 0.05) is 31.7 Å². The third-order valence-electron chi connectivity index (χ3n) is 3.48. The summed E-state index contributed by atoms with van der Waals surface area (Å²) in [6.45, 7) is 1.02. The molecule has 0 saturated carbocycles. The zero-order chi connectivity index (χ0) is 15.9. The number of pyridine rings is 3. The molecule has 0 aliphatic rings. The van der Waals surface area contributed by atoms with Crippen LogP contribution >= 0.6 is 0 Å². The summed E-state index contributed by atoms with van der Waals surface area (Å²) in [7, 11) is 0. The van der Waals surface area contributed by atoms with Gasteiger partial charge in [-0.3, -0.25) is 19.9 Å². The maximum atomic E-state index is 10.7. The summed E-state index contributed by atoms with van der Waals surface area (Å²) >= 11 is 0. The van der Waals surface area contributed by atoms with Crippen LogP contribution in [0, 0.1) is 0 Å². The van der Waals surface area contributed by atoms with E-state index in [0.29, 0.717) is 18.8 Å². The van der Waals surface area contributed by atoms with E-state index >= 15 is 0 Å². The van der Waals surface area contributed by atoms with E-state index in [1.54, 1.807) is 18.6 Å². The van der Waals surface area contributed by atoms with Gasteiger partial charge in [-0.1, -0.05) is 18.2 Å². The first kappa shape index (κ1) is 15.3. The first-order valence-corrected chi connectivity index (χ1v) is 7.46. The van der Waals surface area contributed by atoms with Crippen molar-refractivity contribution in [3.8, 4) is 0 Å². The molecule has 0 aliphatic carbocycles. The number of nitrogens with zero attached hydrogens (tertiary/aromatic N) is 4. The Kier molecular flexibility index (Phi) is 5.03. The Hall–Kier alpha value is -2.63. The van der Waals surface area contributed by atoms with Crippen molar-refractivity contribution in [3.05, 3.63) is 90.3 Å². The Morgan fingerprint density at radius 2 is 1.26 bits per heavy atom. The average molecular weight is 306 g/mol. The van der Waals surface area contributed by atoms with Crippen LogP contribution in [0.5, 0.6) is 0 Å². The summed E-state index contributed by atoms with van der Waals surface area (Å²) in [5, 5.41) is 10.7. The Bertz CT molecular complexity index is 665. The van der Waals surface area contributed by atoms with E-state index < -0.39 is 6.23 Å². The highest BCUT2D eigenvalue weighted by Gasteiger charge is 2.20. The van der Waals surface area contributed by atoms with Gasteiger partial charge >= 0.3 is 0 Å². The monoisotopic (exact) mass is 306 g/mol. The molecular formula is C18H18N4O. The molecule has 0 amide bonds. The highest BCUT2D eigenvalue weighted by atomic mass is 16.3. The van der Waals surface area contributed by atoms with E-state index in [-0.39, 0.29) is 0 Å². The first-order chi connectivity index (χ1) is 11.3. The number of hydrogen-bond acceptors (Lipinski definition) is 5. The fourth-order valence-corrected chi connectivity index (χ4v) is 2.34. The molecule has 23 heavy (non-hydrogen) atoms. The van der Waals surface area contributed by atoms with Gasteiger partial charge in [0.2, 0.25) is 0 Å². The third-order valence-corrected chi connectivity index (χ3v) is 3.48. The molecule has 0 fully saturated rings. The van der Waals surface area contributed by atoms with Crippen LogP contribution in [0.1, 0.15) is 23.3 Å². The standard InChI is InChI=1S/C18H18N4O/c23-18(17-9-3-6-12-21-17)22(13-15-7-1-4-10-19-15)14-16-8-2-5-11-20-16/h1-12,18,23H,13-14H2. The number of aliphatic hydroxyl groups excluding tert-OH is 1. The Morgan fingerprint density at radius 3 is 1.70 bits per heavy atom. The minimum Gasteiger partial charge on any atom is -0.372 e. The van der Waals surface area contributed by atoms with Gasteiger partial charge in [0.15, 0.2) is 6.23 Å². The van der Waals surface area contributed by atoms with Crippen LogP contribution in [0.4, 0.5) is 0 Å². The second-order valence-corrected chi connectivity index (χ2v) is 5.18. The van der Waals surface area contributed by atoms with Crippen LogP contribution in [0.2, 0.25) is 0 Å². The summed E-state index contributed by atoms with van der Waals surface area (Å²) in [5.74, 6) is 0. The third kappa shape index (κ3) is 4.18. The van der Waals surface area contributed by atoms with Gasteiger partial charge in [-0.25, -0.2) is 0 Å². The van der Waals surface area contributed by atoms with Crippen LogP contribution in [-0.4, -0.2) is 25.0 Å². The molecule has 3 aromatic heterocycles. The predicted molar refractivity (Wildman–Crippen MR) is 86.9 cm³/mol. The maximum absolute atomic E-state index is 10.7. The van der Waals surface area contributed by atoms with E-state index in [9.17, 15) is 5.11 Å². The van der Waals surface area contributed by atoms with Gasteiger partial charge in [-0.05, 0) is 36.4 Å². The molecule has 0 aliphatic heterocycles. The van der Waals surface area contributed by atoms with E-state index in [0.717, 1.165) is 11.4 Å². The summed E-state index contributed by atoms with van der Waals surface area (Å²) < 4.78 is 0. The SMILES string of the molecule is OC(c1ccccn1)N(Cc1ccccn1)Cc1ccccn1. The zero-order valence-electron chi connectivity index (χ0n) is 12.7. The molecule has 0 aromatic carbocycles. The Morgan fingerprint density at radius 1 is 0.739 bits per heavy atom. The topological polar surface area (TPSA) is 62.1 Å². The van der Waals surface area contributed by atoms with Crippen LogP contribution < -0.4 is 0 Å². The summed E-state index contributed by atoms with van der Waals surface area (Å²) in [5.41, 5.74) is 2.39. The number of rotatable bonds is 6. The van der Waals surface area contributed by atoms with Crippen LogP contribution in [-0.2, 0) is 13.1 Å². The van der Waals surface area contributed by atoms with Crippen molar-refractivity contribution >= 4 is 0 Å². The zero-order valence-corrected chi connectivity index (χ0v) is 12.7. The average Bonchev–Trinajstić information content (AvgIpc) is 2.63. The second kappa shape index (κ2) is 7.58. The van der Waals surface area contributed by atoms with Gasteiger partial charge in [0.1, 0.15) is 0 Å². The molecule has 116 valence electrons. The Balaban J connectivity index is 1.83. The molecule has 3 rings (SSSR count). The minimum absolute atomic E-state index is 0.509. The molecule has 5 nitrogen and oxygen atoms in total. The predicted octanol–water partition coefficient (Wildman–Crippen LogP) is 2.56. The van der Waals surface area contributed by atoms with Crippen molar-refractivity contribution in [2.75, 3.05) is 0 Å². The molecule has 3 aromatic rings. The molecule has 3 heterocycles. The van der Waals surface area contributed by atoms with E-state index in [1.807, 2.05) is 59.5 Å². The smallest absolute Gasteiger partial charge is 0.151 e. The van der Waals surface area contributed by atoms with Gasteiger partial charge in [-0.2, -0.15) is 0 Å². The number of aliphatic hydroxyl groups is 1. The fraction of sp³-hybridized carbons (Fsp3) is 0.167. The van der Waals surface area contributed by atoms with Gasteiger partial charge in [0.25, 0.3) is 0 Å². The van der Waals surface area contributed by atoms with Gasteiger partial charge < -0.3 is 5.11 Å². The lowest BCUT2D eigenvalue weighted by atomic mass is 10.2. The van der Waals surface area contributed by atoms with Crippen molar-refractivity contribution in [2.45, 2.75) is 19.3 Å². The number of hydrogen-bond donors (Lipinski definition) is 1. The molecule has 0 spiro atoms. The van der Waals surface area contributed by atoms with Gasteiger partial charge in [0.05, 0.1) is 17.1 Å². The highest BCUT2D eigenvalue weighted by molar-refractivity contribution is 5.10. The summed E-state index contributed by atoms with van der Waals surface area (Å²) in [4.78, 5) is 14.8. The van der Waals surface area contributed by atoms with Crippen molar-refractivity contribution in [1.82, 2.24) is 19.9 Å². The highest BCUT2D eigenvalue weighted by Crippen LogP contribution is 2.20. The minimum atomic E-state index is -0.819. The van der Waals surface area contributed by atoms with E-state index in [4.69, 9.17) is 0 Å². The van der Waals surface area contributed by atoms with Crippen molar-refractivity contribution in [2.24, 2.45) is 0 Å². The van der Waals surface area contributed by atoms with Crippen LogP contribution in [0.25, 0.3) is 0 Å². The quantitative estimate of drug-likeness (QED) is 0.709. The largest absolute Gasteiger partial charge is 0.372 e. The Labute approximate surface area is 135 Å². The molecule has 1 unspecified atom stereocenters. The van der Waals surface area contributed by atoms with Crippen LogP contribution in [0.3, 0.4) is 0 Å². The fourth-order valence-electron chi connectivity index (χ4n) is 2.34. The van der Waals surface area contributed by atoms with Crippen molar-refractivity contribution in [3.63, 3.8) is 0 Å². The molecule has 1 atom stereocenters. The molecule has 0 radical (unpaired) electrons. The molecule has 0 saturated heterocycles. The molecule has 0 bridgehead atoms. The summed E-state index contributed by atoms with van der Waals surface area (Å²) in [6, 6.07) is 17.0. The van der Waals surface area contributed by atoms with Crippen LogP contribution in [0.15, 0.2) is 73.2 Å². The van der Waals surface area contributed by atoms with Gasteiger partial charge in [-0.15, -0.1) is 0 Å². The number of aromatic nitrogens is 3. The normalized spacial score (nSPS) is 12.3. The lowest BCUT2D eigenvalue weighted by molar-refractivity contribution is -0.0152. The summed E-state index contributed by atoms with van der Waals surface area (Å²) in [6.07, 6.45) is 4.36.